The number of hydrogen-bond donors (Lipinski definition) is 1. The van der Waals surface area contributed by atoms with Gasteiger partial charge in [0.2, 0.25) is 5.95 Å². The van der Waals surface area contributed by atoms with Crippen molar-refractivity contribution in [3.63, 3.8) is 0 Å². The fourth-order valence-corrected chi connectivity index (χ4v) is 2.81. The van der Waals surface area contributed by atoms with Crippen molar-refractivity contribution in [1.82, 2.24) is 9.97 Å². The SMILES string of the molecule is Nc1nc(Cl)cc(N2CCOC(c3ccccc3Cl)C2)n1. The van der Waals surface area contributed by atoms with Gasteiger partial charge in [-0.25, -0.2) is 4.98 Å². The van der Waals surface area contributed by atoms with Gasteiger partial charge in [0, 0.05) is 29.7 Å². The van der Waals surface area contributed by atoms with Gasteiger partial charge in [-0.2, -0.15) is 4.98 Å². The summed E-state index contributed by atoms with van der Waals surface area (Å²) in [6.07, 6.45) is -0.109. The fourth-order valence-electron chi connectivity index (χ4n) is 2.37. The van der Waals surface area contributed by atoms with Crippen LogP contribution < -0.4 is 10.6 Å². The fraction of sp³-hybridized carbons (Fsp3) is 0.286. The molecule has 3 rings (SSSR count). The number of ether oxygens (including phenoxy) is 1. The average Bonchev–Trinajstić information content (AvgIpc) is 2.47. The van der Waals surface area contributed by atoms with Crippen molar-refractivity contribution >= 4 is 35.0 Å². The number of nitrogen functional groups attached to an aromatic ring is 1. The zero-order valence-electron chi connectivity index (χ0n) is 11.2. The highest BCUT2D eigenvalue weighted by atomic mass is 35.5. The van der Waals surface area contributed by atoms with E-state index in [0.29, 0.717) is 35.7 Å². The van der Waals surface area contributed by atoms with E-state index in [1.54, 1.807) is 6.07 Å². The van der Waals surface area contributed by atoms with Crippen LogP contribution in [0.3, 0.4) is 0 Å². The van der Waals surface area contributed by atoms with Gasteiger partial charge in [-0.3, -0.25) is 0 Å². The summed E-state index contributed by atoms with van der Waals surface area (Å²) in [5.41, 5.74) is 6.62. The minimum absolute atomic E-state index is 0.109. The van der Waals surface area contributed by atoms with Crippen molar-refractivity contribution in [2.75, 3.05) is 30.3 Å². The number of morpholine rings is 1. The Hall–Kier alpha value is -1.56. The molecule has 110 valence electrons. The minimum atomic E-state index is -0.109. The van der Waals surface area contributed by atoms with Crippen molar-refractivity contribution < 1.29 is 4.74 Å². The molecule has 1 aromatic carbocycles. The van der Waals surface area contributed by atoms with E-state index in [4.69, 9.17) is 33.7 Å². The second kappa shape index (κ2) is 6.05. The molecule has 0 amide bonds. The molecule has 1 saturated heterocycles. The first-order valence-electron chi connectivity index (χ1n) is 6.54. The molecule has 2 aromatic rings. The van der Waals surface area contributed by atoms with Crippen LogP contribution in [0.15, 0.2) is 30.3 Å². The molecule has 1 fully saturated rings. The van der Waals surface area contributed by atoms with Crippen LogP contribution in [0.4, 0.5) is 11.8 Å². The lowest BCUT2D eigenvalue weighted by atomic mass is 10.1. The summed E-state index contributed by atoms with van der Waals surface area (Å²) in [7, 11) is 0. The highest BCUT2D eigenvalue weighted by Gasteiger charge is 2.24. The topological polar surface area (TPSA) is 64.3 Å². The Labute approximate surface area is 132 Å². The maximum Gasteiger partial charge on any atom is 0.223 e. The van der Waals surface area contributed by atoms with Crippen molar-refractivity contribution in [3.8, 4) is 0 Å². The number of aromatic nitrogens is 2. The van der Waals surface area contributed by atoms with Crippen LogP contribution in [0.1, 0.15) is 11.7 Å². The summed E-state index contributed by atoms with van der Waals surface area (Å²) in [5, 5.41) is 1.03. The average molecular weight is 325 g/mol. The van der Waals surface area contributed by atoms with E-state index in [1.165, 1.54) is 0 Å². The van der Waals surface area contributed by atoms with Crippen LogP contribution in [0.25, 0.3) is 0 Å². The molecule has 0 spiro atoms. The molecule has 1 aliphatic rings. The second-order valence-corrected chi connectivity index (χ2v) is 5.53. The van der Waals surface area contributed by atoms with Crippen molar-refractivity contribution in [2.45, 2.75) is 6.10 Å². The highest BCUT2D eigenvalue weighted by molar-refractivity contribution is 6.31. The Morgan fingerprint density at radius 1 is 1.24 bits per heavy atom. The van der Waals surface area contributed by atoms with Gasteiger partial charge >= 0.3 is 0 Å². The van der Waals surface area contributed by atoms with Crippen molar-refractivity contribution in [3.05, 3.63) is 46.1 Å². The third-order valence-electron chi connectivity index (χ3n) is 3.34. The molecule has 7 heteroatoms. The van der Waals surface area contributed by atoms with Crippen molar-refractivity contribution in [2.24, 2.45) is 0 Å². The monoisotopic (exact) mass is 324 g/mol. The molecule has 1 aromatic heterocycles. The smallest absolute Gasteiger partial charge is 0.223 e. The quantitative estimate of drug-likeness (QED) is 0.860. The van der Waals surface area contributed by atoms with Gasteiger partial charge < -0.3 is 15.4 Å². The summed E-state index contributed by atoms with van der Waals surface area (Å²) in [6.45, 7) is 1.93. The molecular weight excluding hydrogens is 311 g/mol. The summed E-state index contributed by atoms with van der Waals surface area (Å²) in [5.74, 6) is 0.867. The van der Waals surface area contributed by atoms with Gasteiger partial charge in [-0.1, -0.05) is 41.4 Å². The number of nitrogens with two attached hydrogens (primary N) is 1. The molecule has 0 saturated carbocycles. The number of rotatable bonds is 2. The Balaban J connectivity index is 1.84. The summed E-state index contributed by atoms with van der Waals surface area (Å²) < 4.78 is 5.82. The Bertz CT molecular complexity index is 632. The van der Waals surface area contributed by atoms with Crippen LogP contribution in [0.5, 0.6) is 0 Å². The molecule has 2 N–H and O–H groups in total. The Kier molecular flexibility index (Phi) is 4.14. The predicted molar refractivity (Wildman–Crippen MR) is 83.8 cm³/mol. The van der Waals surface area contributed by atoms with Crippen LogP contribution in [0.2, 0.25) is 10.2 Å². The number of halogens is 2. The third-order valence-corrected chi connectivity index (χ3v) is 3.88. The van der Waals surface area contributed by atoms with Gasteiger partial charge in [-0.15, -0.1) is 0 Å². The maximum atomic E-state index is 6.24. The lowest BCUT2D eigenvalue weighted by Gasteiger charge is -2.34. The van der Waals surface area contributed by atoms with E-state index in [2.05, 4.69) is 14.9 Å². The van der Waals surface area contributed by atoms with E-state index in [1.807, 2.05) is 24.3 Å². The predicted octanol–water partition coefficient (Wildman–Crippen LogP) is 2.94. The molecule has 0 aliphatic carbocycles. The first-order valence-corrected chi connectivity index (χ1v) is 7.30. The number of hydrogen-bond acceptors (Lipinski definition) is 5. The van der Waals surface area contributed by atoms with Crippen LogP contribution >= 0.6 is 23.2 Å². The first-order chi connectivity index (χ1) is 10.1. The zero-order valence-corrected chi connectivity index (χ0v) is 12.7. The van der Waals surface area contributed by atoms with E-state index >= 15 is 0 Å². The number of benzene rings is 1. The van der Waals surface area contributed by atoms with Crippen LogP contribution in [-0.4, -0.2) is 29.7 Å². The third kappa shape index (κ3) is 3.20. The molecule has 0 radical (unpaired) electrons. The van der Waals surface area contributed by atoms with E-state index in [9.17, 15) is 0 Å². The first kappa shape index (κ1) is 14.4. The summed E-state index contributed by atoms with van der Waals surface area (Å²) in [4.78, 5) is 10.2. The minimum Gasteiger partial charge on any atom is -0.370 e. The van der Waals surface area contributed by atoms with Gasteiger partial charge in [0.05, 0.1) is 6.61 Å². The molecule has 21 heavy (non-hydrogen) atoms. The van der Waals surface area contributed by atoms with E-state index in [-0.39, 0.29) is 12.1 Å². The normalized spacial score (nSPS) is 18.8. The van der Waals surface area contributed by atoms with Gasteiger partial charge in [0.1, 0.15) is 17.1 Å². The molecule has 5 nitrogen and oxygen atoms in total. The molecule has 1 atom stereocenters. The molecular formula is C14H14Cl2N4O. The standard InChI is InChI=1S/C14H14Cl2N4O/c15-10-4-2-1-3-9(10)11-8-20(5-6-21-11)13-7-12(16)18-14(17)19-13/h1-4,7,11H,5-6,8H2,(H2,17,18,19). The highest BCUT2D eigenvalue weighted by Crippen LogP contribution is 2.30. The molecule has 0 bridgehead atoms. The summed E-state index contributed by atoms with van der Waals surface area (Å²) >= 11 is 12.2. The number of anilines is 2. The maximum absolute atomic E-state index is 6.24. The molecule has 2 heterocycles. The van der Waals surface area contributed by atoms with Crippen LogP contribution in [-0.2, 0) is 4.74 Å². The van der Waals surface area contributed by atoms with Crippen LogP contribution in [0, 0.1) is 0 Å². The summed E-state index contributed by atoms with van der Waals surface area (Å²) in [6, 6.07) is 9.38. The van der Waals surface area contributed by atoms with Gasteiger partial charge in [0.25, 0.3) is 0 Å². The zero-order chi connectivity index (χ0) is 14.8. The van der Waals surface area contributed by atoms with Gasteiger partial charge in [0.15, 0.2) is 0 Å². The van der Waals surface area contributed by atoms with E-state index < -0.39 is 0 Å². The second-order valence-electron chi connectivity index (χ2n) is 4.73. The Morgan fingerprint density at radius 3 is 2.81 bits per heavy atom. The van der Waals surface area contributed by atoms with Gasteiger partial charge in [-0.05, 0) is 6.07 Å². The number of nitrogens with zero attached hydrogens (tertiary/aromatic N) is 3. The molecule has 1 unspecified atom stereocenters. The lowest BCUT2D eigenvalue weighted by molar-refractivity contribution is 0.0396. The lowest BCUT2D eigenvalue weighted by Crippen LogP contribution is -2.39. The largest absolute Gasteiger partial charge is 0.370 e. The molecule has 1 aliphatic heterocycles. The Morgan fingerprint density at radius 2 is 2.05 bits per heavy atom. The van der Waals surface area contributed by atoms with E-state index in [0.717, 1.165) is 5.56 Å². The van der Waals surface area contributed by atoms with Crippen molar-refractivity contribution in [1.29, 1.82) is 0 Å².